The lowest BCUT2D eigenvalue weighted by Crippen LogP contribution is -2.34. The van der Waals surface area contributed by atoms with Crippen molar-refractivity contribution in [1.29, 1.82) is 0 Å². The van der Waals surface area contributed by atoms with E-state index >= 15 is 0 Å². The molecule has 1 heterocycles. The maximum atomic E-state index is 13.5. The highest BCUT2D eigenvalue weighted by Crippen LogP contribution is 2.40. The van der Waals surface area contributed by atoms with Gasteiger partial charge in [-0.25, -0.2) is 12.8 Å². The van der Waals surface area contributed by atoms with Crippen LogP contribution >= 0.6 is 22.6 Å². The molecule has 3 nitrogen and oxygen atoms in total. The van der Waals surface area contributed by atoms with Gasteiger partial charge >= 0.3 is 0 Å². The molecule has 6 heteroatoms. The third-order valence-corrected chi connectivity index (χ3v) is 9.70. The Kier molecular flexibility index (Phi) is 6.16. The fourth-order valence-corrected chi connectivity index (χ4v) is 6.40. The number of sulfone groups is 1. The largest absolute Gasteiger partial charge is 0.279 e. The van der Waals surface area contributed by atoms with Crippen molar-refractivity contribution in [3.63, 3.8) is 0 Å². The van der Waals surface area contributed by atoms with Crippen LogP contribution in [-0.2, 0) is 9.84 Å². The molecule has 0 aromatic heterocycles. The first-order valence-electron chi connectivity index (χ1n) is 9.50. The van der Waals surface area contributed by atoms with Crippen LogP contribution in [0.15, 0.2) is 38.4 Å². The minimum Gasteiger partial charge on any atom is -0.279 e. The number of aliphatic imine (C=N–C) groups is 1. The van der Waals surface area contributed by atoms with Crippen molar-refractivity contribution in [1.82, 2.24) is 0 Å². The second-order valence-corrected chi connectivity index (χ2v) is 12.5. The van der Waals surface area contributed by atoms with Crippen LogP contribution in [0.3, 0.4) is 0 Å². The number of allylic oxidation sites excluding steroid dienone is 1. The first-order valence-corrected chi connectivity index (χ1v) is 12.2. The Morgan fingerprint density at radius 3 is 2.44 bits per heavy atom. The normalized spacial score (nSPS) is 24.3. The van der Waals surface area contributed by atoms with Gasteiger partial charge in [-0.1, -0.05) is 12.1 Å². The SMILES string of the molecule is CC(C)(C)S(=O)(=O)CC1CCC(C2=C(I)C(c3cccc(F)c3)=NC2)CC1. The smallest absolute Gasteiger partial charge is 0.155 e. The monoisotopic (exact) mass is 503 g/mol. The van der Waals surface area contributed by atoms with Gasteiger partial charge in [0, 0.05) is 9.14 Å². The average Bonchev–Trinajstić information content (AvgIpc) is 2.96. The Balaban J connectivity index is 1.65. The molecular weight excluding hydrogens is 476 g/mol. The van der Waals surface area contributed by atoms with Gasteiger partial charge in [-0.15, -0.1) is 0 Å². The van der Waals surface area contributed by atoms with Crippen molar-refractivity contribution in [2.45, 2.75) is 51.2 Å². The van der Waals surface area contributed by atoms with Gasteiger partial charge in [0.1, 0.15) is 5.82 Å². The van der Waals surface area contributed by atoms with Crippen LogP contribution in [0.1, 0.15) is 52.0 Å². The number of halogens is 2. The summed E-state index contributed by atoms with van der Waals surface area (Å²) in [5.41, 5.74) is 3.06. The van der Waals surface area contributed by atoms with Crippen molar-refractivity contribution < 1.29 is 12.8 Å². The van der Waals surface area contributed by atoms with Crippen LogP contribution in [0.4, 0.5) is 4.39 Å². The molecule has 1 aliphatic carbocycles. The number of nitrogens with zero attached hydrogens (tertiary/aromatic N) is 1. The van der Waals surface area contributed by atoms with E-state index in [4.69, 9.17) is 0 Å². The van der Waals surface area contributed by atoms with Gasteiger partial charge in [-0.3, -0.25) is 4.99 Å². The van der Waals surface area contributed by atoms with Crippen LogP contribution in [0.25, 0.3) is 0 Å². The molecule has 3 rings (SSSR count). The minimum absolute atomic E-state index is 0.242. The van der Waals surface area contributed by atoms with Gasteiger partial charge in [0.2, 0.25) is 0 Å². The van der Waals surface area contributed by atoms with E-state index < -0.39 is 14.6 Å². The number of hydrogen-bond acceptors (Lipinski definition) is 3. The molecule has 0 bridgehead atoms. The second-order valence-electron chi connectivity index (χ2n) is 8.63. The van der Waals surface area contributed by atoms with Gasteiger partial charge in [-0.05, 0) is 98.6 Å². The number of hydrogen-bond donors (Lipinski definition) is 0. The maximum Gasteiger partial charge on any atom is 0.155 e. The van der Waals surface area contributed by atoms with E-state index in [9.17, 15) is 12.8 Å². The third kappa shape index (κ3) is 4.63. The van der Waals surface area contributed by atoms with Gasteiger partial charge < -0.3 is 0 Å². The van der Waals surface area contributed by atoms with Crippen molar-refractivity contribution in [3.05, 3.63) is 44.8 Å². The molecule has 0 amide bonds. The Bertz CT molecular complexity index is 876. The molecule has 0 radical (unpaired) electrons. The number of rotatable bonds is 4. The highest BCUT2D eigenvalue weighted by Gasteiger charge is 2.35. The zero-order valence-corrected chi connectivity index (χ0v) is 19.1. The summed E-state index contributed by atoms with van der Waals surface area (Å²) in [6.07, 6.45) is 3.92. The summed E-state index contributed by atoms with van der Waals surface area (Å²) in [7, 11) is -3.07. The summed E-state index contributed by atoms with van der Waals surface area (Å²) < 4.78 is 39.0. The second kappa shape index (κ2) is 7.93. The highest BCUT2D eigenvalue weighted by atomic mass is 127. The maximum absolute atomic E-state index is 13.5. The summed E-state index contributed by atoms with van der Waals surface area (Å²) in [4.78, 5) is 4.67. The van der Waals surface area contributed by atoms with E-state index in [1.54, 1.807) is 26.8 Å². The third-order valence-electron chi connectivity index (χ3n) is 5.72. The molecule has 1 fully saturated rings. The zero-order chi connectivity index (χ0) is 19.8. The van der Waals surface area contributed by atoms with Crippen LogP contribution in [0, 0.1) is 17.7 Å². The van der Waals surface area contributed by atoms with E-state index in [1.807, 2.05) is 6.07 Å². The summed E-state index contributed by atoms with van der Waals surface area (Å²) in [5, 5.41) is 0. The van der Waals surface area contributed by atoms with Crippen LogP contribution in [-0.4, -0.2) is 31.2 Å². The topological polar surface area (TPSA) is 46.5 Å². The summed E-state index contributed by atoms with van der Waals surface area (Å²) in [6, 6.07) is 6.60. The quantitative estimate of drug-likeness (QED) is 0.521. The summed E-state index contributed by atoms with van der Waals surface area (Å²) in [5.74, 6) is 0.771. The molecule has 148 valence electrons. The first kappa shape index (κ1) is 21.0. The molecule has 1 aliphatic heterocycles. The molecule has 0 N–H and O–H groups in total. The van der Waals surface area contributed by atoms with Crippen LogP contribution in [0.5, 0.6) is 0 Å². The molecule has 0 atom stereocenters. The first-order chi connectivity index (χ1) is 12.6. The molecule has 2 aliphatic rings. The Morgan fingerprint density at radius 2 is 1.85 bits per heavy atom. The van der Waals surface area contributed by atoms with Gasteiger partial charge in [-0.2, -0.15) is 0 Å². The van der Waals surface area contributed by atoms with Crippen LogP contribution in [0.2, 0.25) is 0 Å². The van der Waals surface area contributed by atoms with E-state index in [0.29, 0.717) is 18.2 Å². The van der Waals surface area contributed by atoms with Crippen molar-refractivity contribution in [2.75, 3.05) is 12.3 Å². The number of benzene rings is 1. The van der Waals surface area contributed by atoms with Gasteiger partial charge in [0.05, 0.1) is 22.8 Å². The van der Waals surface area contributed by atoms with E-state index in [1.165, 1.54) is 17.7 Å². The van der Waals surface area contributed by atoms with E-state index in [-0.39, 0.29) is 11.7 Å². The zero-order valence-electron chi connectivity index (χ0n) is 16.1. The van der Waals surface area contributed by atoms with Gasteiger partial charge in [0.25, 0.3) is 0 Å². The standard InChI is InChI=1S/C21H27FINO2S/c1-21(2,3)27(25,26)13-14-7-9-15(10-8-14)18-12-24-20(19(18)23)16-5-4-6-17(22)11-16/h4-6,11,14-15H,7-10,12-13H2,1-3H3. The molecule has 0 unspecified atom stereocenters. The predicted octanol–water partition coefficient (Wildman–Crippen LogP) is 5.34. The predicted molar refractivity (Wildman–Crippen MR) is 118 cm³/mol. The van der Waals surface area contributed by atoms with Crippen molar-refractivity contribution in [3.8, 4) is 0 Å². The Hall–Kier alpha value is -0.760. The lowest BCUT2D eigenvalue weighted by Gasteiger charge is -2.31. The molecule has 0 spiro atoms. The van der Waals surface area contributed by atoms with Crippen molar-refractivity contribution >= 4 is 38.1 Å². The molecule has 1 saturated carbocycles. The Labute approximate surface area is 175 Å². The average molecular weight is 503 g/mol. The molecule has 1 aromatic rings. The fraction of sp³-hybridized carbons (Fsp3) is 0.571. The molecule has 0 saturated heterocycles. The molecular formula is C21H27FINO2S. The molecule has 27 heavy (non-hydrogen) atoms. The molecule has 1 aromatic carbocycles. The fourth-order valence-electron chi connectivity index (χ4n) is 3.86. The highest BCUT2D eigenvalue weighted by molar-refractivity contribution is 14.1. The Morgan fingerprint density at radius 1 is 1.19 bits per heavy atom. The lowest BCUT2D eigenvalue weighted by atomic mass is 9.79. The van der Waals surface area contributed by atoms with Crippen LogP contribution < -0.4 is 0 Å². The lowest BCUT2D eigenvalue weighted by molar-refractivity contribution is 0.319. The summed E-state index contributed by atoms with van der Waals surface area (Å²) >= 11 is 2.34. The summed E-state index contributed by atoms with van der Waals surface area (Å²) in [6.45, 7) is 6.03. The minimum atomic E-state index is -3.07. The van der Waals surface area contributed by atoms with E-state index in [0.717, 1.165) is 40.5 Å². The van der Waals surface area contributed by atoms with E-state index in [2.05, 4.69) is 27.6 Å². The van der Waals surface area contributed by atoms with Crippen molar-refractivity contribution in [2.24, 2.45) is 16.8 Å². The van der Waals surface area contributed by atoms with Gasteiger partial charge in [0.15, 0.2) is 9.84 Å².